The Morgan fingerprint density at radius 3 is 2.26 bits per heavy atom. The zero-order chi connectivity index (χ0) is 15.1. The van der Waals surface area contributed by atoms with Crippen molar-refractivity contribution in [1.82, 2.24) is 5.32 Å². The van der Waals surface area contributed by atoms with Crippen molar-refractivity contribution < 1.29 is 22.7 Å². The van der Waals surface area contributed by atoms with E-state index in [0.29, 0.717) is 6.54 Å². The van der Waals surface area contributed by atoms with Crippen molar-refractivity contribution in [3.8, 4) is 0 Å². The first kappa shape index (κ1) is 17.9. The van der Waals surface area contributed by atoms with Crippen molar-refractivity contribution in [2.45, 2.75) is 46.1 Å². The molecule has 0 bridgehead atoms. The molecule has 0 aliphatic rings. The van der Waals surface area contributed by atoms with Crippen LogP contribution in [0.5, 0.6) is 0 Å². The molecule has 0 heterocycles. The van der Waals surface area contributed by atoms with Crippen LogP contribution in [0.25, 0.3) is 0 Å². The molecule has 6 nitrogen and oxygen atoms in total. The van der Waals surface area contributed by atoms with Crippen molar-refractivity contribution in [3.05, 3.63) is 0 Å². The molecule has 112 valence electrons. The molecule has 0 aromatic rings. The van der Waals surface area contributed by atoms with Gasteiger partial charge in [0.15, 0.2) is 9.84 Å². The fourth-order valence-electron chi connectivity index (χ4n) is 1.22. The van der Waals surface area contributed by atoms with Gasteiger partial charge < -0.3 is 10.1 Å². The second-order valence-corrected chi connectivity index (χ2v) is 7.46. The summed E-state index contributed by atoms with van der Waals surface area (Å²) in [6.45, 7) is 7.44. The Labute approximate surface area is 114 Å². The van der Waals surface area contributed by atoms with Crippen LogP contribution in [0.4, 0.5) is 0 Å². The summed E-state index contributed by atoms with van der Waals surface area (Å²) in [5.74, 6) is -2.08. The van der Waals surface area contributed by atoms with Crippen LogP contribution < -0.4 is 5.32 Å². The largest absolute Gasteiger partial charge is 0.460 e. The minimum atomic E-state index is -3.57. The van der Waals surface area contributed by atoms with E-state index >= 15 is 0 Å². The third-order valence-corrected chi connectivity index (χ3v) is 3.49. The molecule has 0 radical (unpaired) electrons. The van der Waals surface area contributed by atoms with Crippen LogP contribution >= 0.6 is 0 Å². The molecule has 0 atom stereocenters. The zero-order valence-electron chi connectivity index (χ0n) is 12.0. The lowest BCUT2D eigenvalue weighted by atomic mass is 10.2. The molecular weight excluding hydrogens is 270 g/mol. The fraction of sp³-hybridized carbons (Fsp3) is 0.833. The number of nitrogens with one attached hydrogen (secondary N) is 1. The van der Waals surface area contributed by atoms with E-state index in [2.05, 4.69) is 5.32 Å². The van der Waals surface area contributed by atoms with Crippen LogP contribution in [0.1, 0.15) is 40.5 Å². The number of sulfone groups is 1. The summed E-state index contributed by atoms with van der Waals surface area (Å²) in [5.41, 5.74) is -0.640. The fourth-order valence-corrected chi connectivity index (χ4v) is 2.34. The maximum absolute atomic E-state index is 11.6. The third kappa shape index (κ3) is 10.5. The first-order chi connectivity index (χ1) is 8.56. The minimum absolute atomic E-state index is 0.235. The standard InChI is InChI=1S/C12H23NO5S/c1-5-7-13-10(14)9-19(16,17)8-6-11(15)18-12(2,3)4/h5-9H2,1-4H3,(H,13,14). The Hall–Kier alpha value is -1.11. The SMILES string of the molecule is CCCNC(=O)CS(=O)(=O)CCC(=O)OC(C)(C)C. The van der Waals surface area contributed by atoms with Gasteiger partial charge in [0.25, 0.3) is 0 Å². The van der Waals surface area contributed by atoms with E-state index in [1.807, 2.05) is 6.92 Å². The lowest BCUT2D eigenvalue weighted by molar-refractivity contribution is -0.154. The first-order valence-corrected chi connectivity index (χ1v) is 8.07. The van der Waals surface area contributed by atoms with E-state index in [-0.39, 0.29) is 12.2 Å². The molecule has 1 N–H and O–H groups in total. The summed E-state index contributed by atoms with van der Waals surface area (Å²) in [7, 11) is -3.57. The zero-order valence-corrected chi connectivity index (χ0v) is 12.8. The summed E-state index contributed by atoms with van der Waals surface area (Å²) in [6.07, 6.45) is 0.504. The number of hydrogen-bond acceptors (Lipinski definition) is 5. The number of esters is 1. The van der Waals surface area contributed by atoms with Gasteiger partial charge in [-0.2, -0.15) is 0 Å². The number of carbonyl (C=O) groups is 2. The average Bonchev–Trinajstić information content (AvgIpc) is 2.21. The van der Waals surface area contributed by atoms with E-state index in [0.717, 1.165) is 6.42 Å². The van der Waals surface area contributed by atoms with Crippen molar-refractivity contribution in [3.63, 3.8) is 0 Å². The Bertz CT molecular complexity index is 408. The third-order valence-electron chi connectivity index (χ3n) is 1.96. The predicted octanol–water partition coefficient (Wildman–Crippen LogP) is 0.659. The molecule has 0 fully saturated rings. The predicted molar refractivity (Wildman–Crippen MR) is 72.4 cm³/mol. The Morgan fingerprint density at radius 1 is 1.21 bits per heavy atom. The Morgan fingerprint density at radius 2 is 1.79 bits per heavy atom. The van der Waals surface area contributed by atoms with Crippen LogP contribution in [-0.2, 0) is 24.2 Å². The lowest BCUT2D eigenvalue weighted by Crippen LogP contribution is -2.32. The van der Waals surface area contributed by atoms with Gasteiger partial charge in [-0.3, -0.25) is 9.59 Å². The molecule has 0 saturated heterocycles. The maximum atomic E-state index is 11.6. The van der Waals surface area contributed by atoms with Gasteiger partial charge in [-0.1, -0.05) is 6.92 Å². The van der Waals surface area contributed by atoms with Gasteiger partial charge in [0.1, 0.15) is 11.4 Å². The van der Waals surface area contributed by atoms with E-state index < -0.39 is 33.1 Å². The molecule has 19 heavy (non-hydrogen) atoms. The summed E-state index contributed by atoms with van der Waals surface area (Å²) >= 11 is 0. The van der Waals surface area contributed by atoms with Crippen LogP contribution in [0, 0.1) is 0 Å². The quantitative estimate of drug-likeness (QED) is 0.696. The van der Waals surface area contributed by atoms with E-state index in [4.69, 9.17) is 4.74 Å². The molecule has 0 spiro atoms. The second kappa shape index (κ2) is 7.47. The van der Waals surface area contributed by atoms with Crippen LogP contribution in [-0.4, -0.2) is 43.9 Å². The number of carbonyl (C=O) groups excluding carboxylic acids is 2. The topological polar surface area (TPSA) is 89.5 Å². The second-order valence-electron chi connectivity index (χ2n) is 5.28. The van der Waals surface area contributed by atoms with Gasteiger partial charge in [-0.25, -0.2) is 8.42 Å². The lowest BCUT2D eigenvalue weighted by Gasteiger charge is -2.19. The highest BCUT2D eigenvalue weighted by molar-refractivity contribution is 7.92. The number of ether oxygens (including phenoxy) is 1. The molecule has 0 aromatic carbocycles. The Kier molecular flexibility index (Phi) is 7.04. The summed E-state index contributed by atoms with van der Waals surface area (Å²) < 4.78 is 28.2. The number of hydrogen-bond donors (Lipinski definition) is 1. The van der Waals surface area contributed by atoms with E-state index in [1.165, 1.54) is 0 Å². The highest BCUT2D eigenvalue weighted by Gasteiger charge is 2.21. The maximum Gasteiger partial charge on any atom is 0.307 e. The number of amides is 1. The van der Waals surface area contributed by atoms with Crippen molar-refractivity contribution in [2.75, 3.05) is 18.1 Å². The van der Waals surface area contributed by atoms with Gasteiger partial charge in [-0.15, -0.1) is 0 Å². The molecule has 0 aliphatic heterocycles. The summed E-state index contributed by atoms with van der Waals surface area (Å²) in [4.78, 5) is 22.7. The highest BCUT2D eigenvalue weighted by atomic mass is 32.2. The van der Waals surface area contributed by atoms with Crippen molar-refractivity contribution >= 4 is 21.7 Å². The van der Waals surface area contributed by atoms with Crippen molar-refractivity contribution in [2.24, 2.45) is 0 Å². The van der Waals surface area contributed by atoms with Crippen molar-refractivity contribution in [1.29, 1.82) is 0 Å². The average molecular weight is 293 g/mol. The van der Waals surface area contributed by atoms with Gasteiger partial charge in [-0.05, 0) is 27.2 Å². The summed E-state index contributed by atoms with van der Waals surface area (Å²) in [6, 6.07) is 0. The molecule has 1 amide bonds. The monoisotopic (exact) mass is 293 g/mol. The van der Waals surface area contributed by atoms with E-state index in [1.54, 1.807) is 20.8 Å². The van der Waals surface area contributed by atoms with Crippen LogP contribution in [0.2, 0.25) is 0 Å². The molecule has 0 aromatic heterocycles. The highest BCUT2D eigenvalue weighted by Crippen LogP contribution is 2.08. The molecule has 0 aliphatic carbocycles. The molecular formula is C12H23NO5S. The van der Waals surface area contributed by atoms with Gasteiger partial charge in [0.05, 0.1) is 12.2 Å². The smallest absolute Gasteiger partial charge is 0.307 e. The first-order valence-electron chi connectivity index (χ1n) is 6.24. The van der Waals surface area contributed by atoms with E-state index in [9.17, 15) is 18.0 Å². The summed E-state index contributed by atoms with van der Waals surface area (Å²) in [5, 5.41) is 2.48. The van der Waals surface area contributed by atoms with Crippen LogP contribution in [0.15, 0.2) is 0 Å². The molecule has 0 saturated carbocycles. The minimum Gasteiger partial charge on any atom is -0.460 e. The van der Waals surface area contributed by atoms with Gasteiger partial charge in [0.2, 0.25) is 5.91 Å². The van der Waals surface area contributed by atoms with Gasteiger partial charge >= 0.3 is 5.97 Å². The molecule has 0 rings (SSSR count). The number of rotatable bonds is 7. The van der Waals surface area contributed by atoms with Gasteiger partial charge in [0, 0.05) is 6.54 Å². The Balaban J connectivity index is 4.17. The normalized spacial score (nSPS) is 12.0. The van der Waals surface area contributed by atoms with Crippen LogP contribution in [0.3, 0.4) is 0 Å². The molecule has 7 heteroatoms. The molecule has 0 unspecified atom stereocenters.